The van der Waals surface area contributed by atoms with Gasteiger partial charge in [0.25, 0.3) is 0 Å². The third-order valence-corrected chi connectivity index (χ3v) is 4.08. The minimum atomic E-state index is 0.826. The minimum Gasteiger partial charge on any atom is -0.314 e. The first-order chi connectivity index (χ1) is 7.72. The summed E-state index contributed by atoms with van der Waals surface area (Å²) in [6, 6.07) is 8.19. The molecule has 1 aromatic heterocycles. The molecule has 0 radical (unpaired) electrons. The van der Waals surface area contributed by atoms with Crippen LogP contribution in [0.1, 0.15) is 10.6 Å². The van der Waals surface area contributed by atoms with Gasteiger partial charge in [0, 0.05) is 21.5 Å². The smallest absolute Gasteiger partial charge is 0.125 e. The number of hydrogen-bond donors (Lipinski definition) is 1. The summed E-state index contributed by atoms with van der Waals surface area (Å²) in [5.74, 6) is 0. The molecular weight excluding hydrogens is 284 g/mol. The Morgan fingerprint density at radius 3 is 2.81 bits per heavy atom. The second-order valence-electron chi connectivity index (χ2n) is 3.53. The Morgan fingerprint density at radius 1 is 1.38 bits per heavy atom. The highest BCUT2D eigenvalue weighted by atomic mass is 79.9. The summed E-state index contributed by atoms with van der Waals surface area (Å²) in [4.78, 5) is 5.93. The number of halogens is 1. The third kappa shape index (κ3) is 2.34. The van der Waals surface area contributed by atoms with Gasteiger partial charge in [0.05, 0.1) is 5.69 Å². The zero-order valence-electron chi connectivity index (χ0n) is 9.25. The Morgan fingerprint density at radius 2 is 2.12 bits per heavy atom. The summed E-state index contributed by atoms with van der Waals surface area (Å²) >= 11 is 5.30. The van der Waals surface area contributed by atoms with Crippen molar-refractivity contribution in [3.05, 3.63) is 39.3 Å². The molecule has 84 valence electrons. The highest BCUT2D eigenvalue weighted by Crippen LogP contribution is 2.32. The van der Waals surface area contributed by atoms with Crippen LogP contribution in [0.3, 0.4) is 0 Å². The Labute approximate surface area is 108 Å². The molecule has 2 aromatic rings. The van der Waals surface area contributed by atoms with Crippen molar-refractivity contribution in [1.29, 1.82) is 0 Å². The van der Waals surface area contributed by atoms with Gasteiger partial charge in [-0.25, -0.2) is 4.98 Å². The van der Waals surface area contributed by atoms with Gasteiger partial charge >= 0.3 is 0 Å². The van der Waals surface area contributed by atoms with E-state index >= 15 is 0 Å². The van der Waals surface area contributed by atoms with E-state index in [0.717, 1.165) is 27.3 Å². The maximum Gasteiger partial charge on any atom is 0.125 e. The fourth-order valence-corrected chi connectivity index (χ4v) is 3.08. The van der Waals surface area contributed by atoms with Crippen LogP contribution in [0.4, 0.5) is 0 Å². The zero-order valence-corrected chi connectivity index (χ0v) is 11.7. The van der Waals surface area contributed by atoms with Gasteiger partial charge in [0.1, 0.15) is 5.01 Å². The average Bonchev–Trinajstić information content (AvgIpc) is 2.61. The van der Waals surface area contributed by atoms with Crippen LogP contribution in [0, 0.1) is 6.92 Å². The number of rotatable bonds is 3. The fourth-order valence-electron chi connectivity index (χ4n) is 1.51. The van der Waals surface area contributed by atoms with E-state index < -0.39 is 0 Å². The molecule has 0 saturated carbocycles. The first-order valence-electron chi connectivity index (χ1n) is 5.08. The van der Waals surface area contributed by atoms with Crippen molar-refractivity contribution in [1.82, 2.24) is 10.3 Å². The van der Waals surface area contributed by atoms with Gasteiger partial charge in [0.2, 0.25) is 0 Å². The van der Waals surface area contributed by atoms with Crippen LogP contribution in [-0.2, 0) is 6.54 Å². The summed E-state index contributed by atoms with van der Waals surface area (Å²) in [5, 5.41) is 4.22. The molecule has 16 heavy (non-hydrogen) atoms. The lowest BCUT2D eigenvalue weighted by Crippen LogP contribution is -2.06. The summed E-state index contributed by atoms with van der Waals surface area (Å²) < 4.78 is 1.10. The van der Waals surface area contributed by atoms with Gasteiger partial charge in [-0.2, -0.15) is 0 Å². The molecule has 1 N–H and O–H groups in total. The molecule has 0 amide bonds. The Balaban J connectivity index is 2.42. The van der Waals surface area contributed by atoms with Crippen molar-refractivity contribution in [2.75, 3.05) is 7.05 Å². The number of aromatic nitrogens is 1. The Bertz CT molecular complexity index is 494. The number of nitrogens with one attached hydrogen (secondary N) is 1. The van der Waals surface area contributed by atoms with Crippen molar-refractivity contribution < 1.29 is 0 Å². The van der Waals surface area contributed by atoms with Crippen molar-refractivity contribution >= 4 is 27.3 Å². The molecule has 4 heteroatoms. The molecule has 2 rings (SSSR count). The van der Waals surface area contributed by atoms with Gasteiger partial charge in [-0.3, -0.25) is 0 Å². The second kappa shape index (κ2) is 5.08. The van der Waals surface area contributed by atoms with Gasteiger partial charge in [-0.1, -0.05) is 34.1 Å². The summed E-state index contributed by atoms with van der Waals surface area (Å²) in [6.45, 7) is 2.94. The van der Waals surface area contributed by atoms with Crippen molar-refractivity contribution in [3.8, 4) is 10.6 Å². The molecule has 0 bridgehead atoms. The van der Waals surface area contributed by atoms with E-state index in [-0.39, 0.29) is 0 Å². The Hall–Kier alpha value is -0.710. The fraction of sp³-hybridized carbons (Fsp3) is 0.250. The molecule has 0 saturated heterocycles. The topological polar surface area (TPSA) is 24.9 Å². The molecule has 0 aliphatic rings. The van der Waals surface area contributed by atoms with Crippen LogP contribution in [0.5, 0.6) is 0 Å². The second-order valence-corrected chi connectivity index (χ2v) is 5.59. The van der Waals surface area contributed by atoms with Gasteiger partial charge in [0.15, 0.2) is 0 Å². The molecule has 2 nitrogen and oxygen atoms in total. The minimum absolute atomic E-state index is 0.826. The number of thiazole rings is 1. The van der Waals surface area contributed by atoms with Crippen LogP contribution in [-0.4, -0.2) is 12.0 Å². The molecule has 0 aliphatic carbocycles. The zero-order chi connectivity index (χ0) is 11.5. The van der Waals surface area contributed by atoms with Crippen LogP contribution in [0.15, 0.2) is 28.7 Å². The maximum absolute atomic E-state index is 4.66. The van der Waals surface area contributed by atoms with Crippen molar-refractivity contribution in [2.45, 2.75) is 13.5 Å². The molecular formula is C12H13BrN2S. The van der Waals surface area contributed by atoms with E-state index in [4.69, 9.17) is 0 Å². The number of benzene rings is 1. The summed E-state index contributed by atoms with van der Waals surface area (Å²) in [7, 11) is 1.94. The van der Waals surface area contributed by atoms with E-state index in [1.165, 1.54) is 4.88 Å². The van der Waals surface area contributed by atoms with E-state index in [1.807, 2.05) is 25.2 Å². The Kier molecular flexibility index (Phi) is 3.74. The molecule has 0 unspecified atom stereocenters. The predicted molar refractivity (Wildman–Crippen MR) is 72.8 cm³/mol. The number of hydrogen-bond acceptors (Lipinski definition) is 3. The summed E-state index contributed by atoms with van der Waals surface area (Å²) in [6.07, 6.45) is 0. The van der Waals surface area contributed by atoms with E-state index in [2.05, 4.69) is 39.2 Å². The SMILES string of the molecule is CNCc1nc(-c2ccccc2Br)sc1C. The molecule has 1 aromatic carbocycles. The van der Waals surface area contributed by atoms with E-state index in [0.29, 0.717) is 0 Å². The van der Waals surface area contributed by atoms with Crippen molar-refractivity contribution in [2.24, 2.45) is 0 Å². The maximum atomic E-state index is 4.66. The standard InChI is InChI=1S/C12H13BrN2S/c1-8-11(7-14-2)15-12(16-8)9-5-3-4-6-10(9)13/h3-6,14H,7H2,1-2H3. The molecule has 0 spiro atoms. The highest BCUT2D eigenvalue weighted by molar-refractivity contribution is 9.10. The van der Waals surface area contributed by atoms with Crippen LogP contribution in [0.2, 0.25) is 0 Å². The summed E-state index contributed by atoms with van der Waals surface area (Å²) in [5.41, 5.74) is 2.30. The van der Waals surface area contributed by atoms with Crippen molar-refractivity contribution in [3.63, 3.8) is 0 Å². The van der Waals surface area contributed by atoms with Crippen LogP contribution >= 0.6 is 27.3 Å². The van der Waals surface area contributed by atoms with E-state index in [9.17, 15) is 0 Å². The predicted octanol–water partition coefficient (Wildman–Crippen LogP) is 3.60. The molecule has 1 heterocycles. The average molecular weight is 297 g/mol. The first-order valence-corrected chi connectivity index (χ1v) is 6.69. The van der Waals surface area contributed by atoms with Crippen LogP contribution in [0.25, 0.3) is 10.6 Å². The number of aryl methyl sites for hydroxylation is 1. The molecule has 0 atom stereocenters. The normalized spacial score (nSPS) is 10.7. The lowest BCUT2D eigenvalue weighted by molar-refractivity contribution is 0.793. The van der Waals surface area contributed by atoms with Gasteiger partial charge in [-0.05, 0) is 20.0 Å². The van der Waals surface area contributed by atoms with Crippen LogP contribution < -0.4 is 5.32 Å². The number of nitrogens with zero attached hydrogens (tertiary/aromatic N) is 1. The van der Waals surface area contributed by atoms with E-state index in [1.54, 1.807) is 11.3 Å². The lowest BCUT2D eigenvalue weighted by Gasteiger charge is -1.98. The van der Waals surface area contributed by atoms with Gasteiger partial charge < -0.3 is 5.32 Å². The lowest BCUT2D eigenvalue weighted by atomic mass is 10.2. The molecule has 0 fully saturated rings. The van der Waals surface area contributed by atoms with Gasteiger partial charge in [-0.15, -0.1) is 11.3 Å². The molecule has 0 aliphatic heterocycles. The highest BCUT2D eigenvalue weighted by Gasteiger charge is 2.10. The first kappa shape index (κ1) is 11.8. The monoisotopic (exact) mass is 296 g/mol. The largest absolute Gasteiger partial charge is 0.314 e. The third-order valence-electron chi connectivity index (χ3n) is 2.34. The quantitative estimate of drug-likeness (QED) is 0.936.